The zero-order chi connectivity index (χ0) is 18.8. The summed E-state index contributed by atoms with van der Waals surface area (Å²) in [4.78, 5) is 25.0. The van der Waals surface area contributed by atoms with Gasteiger partial charge >= 0.3 is 5.97 Å². The molecule has 0 N–H and O–H groups in total. The number of amides is 1. The molecule has 0 aliphatic carbocycles. The predicted molar refractivity (Wildman–Crippen MR) is 98.5 cm³/mol. The minimum absolute atomic E-state index is 0.0260. The third-order valence-corrected chi connectivity index (χ3v) is 3.83. The summed E-state index contributed by atoms with van der Waals surface area (Å²) in [6.07, 6.45) is 2.65. The monoisotopic (exact) mass is 347 g/mol. The highest BCUT2D eigenvalue weighted by Crippen LogP contribution is 2.21. The van der Waals surface area contributed by atoms with Crippen molar-refractivity contribution in [2.45, 2.75) is 52.7 Å². The fourth-order valence-corrected chi connectivity index (χ4v) is 2.66. The lowest BCUT2D eigenvalue weighted by molar-refractivity contribution is -0.150. The summed E-state index contributed by atoms with van der Waals surface area (Å²) in [6.45, 7) is 11.3. The van der Waals surface area contributed by atoms with Gasteiger partial charge in [0.1, 0.15) is 18.5 Å². The van der Waals surface area contributed by atoms with Crippen molar-refractivity contribution in [2.75, 3.05) is 13.2 Å². The highest BCUT2D eigenvalue weighted by Gasteiger charge is 2.21. The molecular weight excluding hydrogens is 318 g/mol. The highest BCUT2D eigenvalue weighted by molar-refractivity contribution is 5.73. The Labute approximate surface area is 150 Å². The van der Waals surface area contributed by atoms with E-state index >= 15 is 0 Å². The molecule has 0 fully saturated rings. The molecular formula is C20H29NO4. The Bertz CT molecular complexity index is 583. The molecule has 0 saturated carbocycles. The van der Waals surface area contributed by atoms with Gasteiger partial charge in [-0.3, -0.25) is 9.59 Å². The van der Waals surface area contributed by atoms with E-state index in [1.54, 1.807) is 11.0 Å². The molecule has 0 bridgehead atoms. The molecule has 0 aliphatic rings. The summed E-state index contributed by atoms with van der Waals surface area (Å²) in [5.41, 5.74) is 1.04. The Kier molecular flexibility index (Phi) is 8.75. The first-order chi connectivity index (χ1) is 11.8. The first-order valence-corrected chi connectivity index (χ1v) is 8.61. The smallest absolute Gasteiger partial charge is 0.302 e. The Morgan fingerprint density at radius 1 is 1.24 bits per heavy atom. The van der Waals surface area contributed by atoms with Crippen LogP contribution in [-0.4, -0.2) is 42.1 Å². The van der Waals surface area contributed by atoms with E-state index in [0.717, 1.165) is 11.3 Å². The van der Waals surface area contributed by atoms with E-state index in [0.29, 0.717) is 26.0 Å². The maximum Gasteiger partial charge on any atom is 0.302 e. The zero-order valence-electron chi connectivity index (χ0n) is 15.7. The second-order valence-corrected chi connectivity index (χ2v) is 6.24. The lowest BCUT2D eigenvalue weighted by Gasteiger charge is -2.29. The van der Waals surface area contributed by atoms with E-state index in [-0.39, 0.29) is 24.0 Å². The summed E-state index contributed by atoms with van der Waals surface area (Å²) in [7, 11) is 0. The van der Waals surface area contributed by atoms with Crippen molar-refractivity contribution in [3.63, 3.8) is 0 Å². The van der Waals surface area contributed by atoms with Crippen molar-refractivity contribution in [2.24, 2.45) is 0 Å². The molecule has 0 aliphatic heterocycles. The van der Waals surface area contributed by atoms with E-state index in [9.17, 15) is 9.59 Å². The van der Waals surface area contributed by atoms with E-state index in [1.807, 2.05) is 38.1 Å². The van der Waals surface area contributed by atoms with Gasteiger partial charge < -0.3 is 14.4 Å². The van der Waals surface area contributed by atoms with Crippen LogP contribution in [0.4, 0.5) is 0 Å². The molecule has 0 saturated heterocycles. The van der Waals surface area contributed by atoms with E-state index in [2.05, 4.69) is 6.58 Å². The molecule has 0 aromatic heterocycles. The normalized spacial score (nSPS) is 11.7. The number of hydrogen-bond donors (Lipinski definition) is 0. The predicted octanol–water partition coefficient (Wildman–Crippen LogP) is 3.37. The zero-order valence-corrected chi connectivity index (χ0v) is 15.7. The first kappa shape index (κ1) is 20.7. The molecule has 0 heterocycles. The summed E-state index contributed by atoms with van der Waals surface area (Å²) < 4.78 is 11.1. The molecule has 1 unspecified atom stereocenters. The average molecular weight is 347 g/mol. The summed E-state index contributed by atoms with van der Waals surface area (Å²) in [5.74, 6) is 0.437. The molecule has 0 spiro atoms. The van der Waals surface area contributed by atoms with Crippen LogP contribution < -0.4 is 4.74 Å². The number of nitrogens with zero attached hydrogens (tertiary/aromatic N) is 1. The summed E-state index contributed by atoms with van der Waals surface area (Å²) >= 11 is 0. The largest absolute Gasteiger partial charge is 0.489 e. The maximum absolute atomic E-state index is 11.8. The quantitative estimate of drug-likeness (QED) is 0.481. The molecule has 1 amide bonds. The number of carbonyl (C=O) groups excluding carboxylic acids is 2. The Morgan fingerprint density at radius 3 is 2.48 bits per heavy atom. The van der Waals surface area contributed by atoms with Crippen molar-refractivity contribution in [1.82, 2.24) is 4.90 Å². The summed E-state index contributed by atoms with van der Waals surface area (Å²) in [6, 6.07) is 7.83. The van der Waals surface area contributed by atoms with Gasteiger partial charge in [-0.25, -0.2) is 0 Å². The maximum atomic E-state index is 11.8. The topological polar surface area (TPSA) is 55.8 Å². The van der Waals surface area contributed by atoms with Crippen molar-refractivity contribution in [3.05, 3.63) is 42.5 Å². The minimum Gasteiger partial charge on any atom is -0.489 e. The van der Waals surface area contributed by atoms with Crippen molar-refractivity contribution in [3.8, 4) is 5.75 Å². The molecule has 0 radical (unpaired) electrons. The lowest BCUT2D eigenvalue weighted by atomic mass is 10.0. The van der Waals surface area contributed by atoms with Gasteiger partial charge in [-0.1, -0.05) is 30.9 Å². The number of hydrogen-bond acceptors (Lipinski definition) is 4. The number of esters is 1. The number of rotatable bonds is 10. The van der Waals surface area contributed by atoms with Gasteiger partial charge in [-0.05, 0) is 38.3 Å². The van der Waals surface area contributed by atoms with Crippen LogP contribution in [0.25, 0.3) is 0 Å². The van der Waals surface area contributed by atoms with Crippen molar-refractivity contribution >= 4 is 11.9 Å². The van der Waals surface area contributed by atoms with E-state index < -0.39 is 0 Å². The second-order valence-electron chi connectivity index (χ2n) is 6.24. The van der Waals surface area contributed by atoms with Gasteiger partial charge in [-0.15, -0.1) is 0 Å². The van der Waals surface area contributed by atoms with E-state index in [4.69, 9.17) is 9.47 Å². The molecule has 138 valence electrons. The molecule has 5 nitrogen and oxygen atoms in total. The Morgan fingerprint density at radius 2 is 1.92 bits per heavy atom. The van der Waals surface area contributed by atoms with Crippen LogP contribution in [0.2, 0.25) is 0 Å². The van der Waals surface area contributed by atoms with Crippen LogP contribution in [0.15, 0.2) is 36.9 Å². The minimum atomic E-state index is -0.351. The number of carbonyl (C=O) groups is 2. The van der Waals surface area contributed by atoms with Crippen LogP contribution in [0.1, 0.15) is 39.7 Å². The van der Waals surface area contributed by atoms with Crippen LogP contribution in [-0.2, 0) is 20.7 Å². The van der Waals surface area contributed by atoms with Gasteiger partial charge in [0.15, 0.2) is 0 Å². The first-order valence-electron chi connectivity index (χ1n) is 8.61. The standard InChI is InChI=1S/C20H29NO4/c1-6-13-24-20-10-8-7-9-18(20)11-12-19(25-17(5)23)14-21(15(2)3)16(4)22/h6-10,15,19H,1,11-14H2,2-5H3. The summed E-state index contributed by atoms with van der Waals surface area (Å²) in [5, 5.41) is 0. The van der Waals surface area contributed by atoms with Crippen LogP contribution in [0.5, 0.6) is 5.75 Å². The van der Waals surface area contributed by atoms with Crippen molar-refractivity contribution < 1.29 is 19.1 Å². The average Bonchev–Trinajstić information content (AvgIpc) is 2.54. The van der Waals surface area contributed by atoms with Gasteiger partial charge in [-0.2, -0.15) is 0 Å². The molecule has 1 aromatic carbocycles. The van der Waals surface area contributed by atoms with Crippen LogP contribution in [0, 0.1) is 0 Å². The molecule has 25 heavy (non-hydrogen) atoms. The number of ether oxygens (including phenoxy) is 2. The Balaban J connectivity index is 2.81. The van der Waals surface area contributed by atoms with Gasteiger partial charge in [0.05, 0.1) is 6.54 Å². The third kappa shape index (κ3) is 7.42. The molecule has 1 rings (SSSR count). The highest BCUT2D eigenvalue weighted by atomic mass is 16.5. The number of aryl methyl sites for hydroxylation is 1. The molecule has 1 atom stereocenters. The van der Waals surface area contributed by atoms with Crippen LogP contribution >= 0.6 is 0 Å². The third-order valence-electron chi connectivity index (χ3n) is 3.83. The van der Waals surface area contributed by atoms with Gasteiger partial charge in [0.2, 0.25) is 5.91 Å². The van der Waals surface area contributed by atoms with Crippen LogP contribution in [0.3, 0.4) is 0 Å². The Hall–Kier alpha value is -2.30. The molecule has 1 aromatic rings. The second kappa shape index (κ2) is 10.5. The fraction of sp³-hybridized carbons (Fsp3) is 0.500. The van der Waals surface area contributed by atoms with Gasteiger partial charge in [0, 0.05) is 19.9 Å². The molecule has 5 heteroatoms. The van der Waals surface area contributed by atoms with Gasteiger partial charge in [0.25, 0.3) is 0 Å². The number of benzene rings is 1. The van der Waals surface area contributed by atoms with Crippen molar-refractivity contribution in [1.29, 1.82) is 0 Å². The fourth-order valence-electron chi connectivity index (χ4n) is 2.66. The number of para-hydroxylation sites is 1. The lowest BCUT2D eigenvalue weighted by Crippen LogP contribution is -2.42. The SMILES string of the molecule is C=CCOc1ccccc1CCC(CN(C(C)=O)C(C)C)OC(C)=O. The van der Waals surface area contributed by atoms with E-state index in [1.165, 1.54) is 13.8 Å².